The van der Waals surface area contributed by atoms with Crippen molar-refractivity contribution in [2.75, 3.05) is 36.3 Å². The van der Waals surface area contributed by atoms with E-state index < -0.39 is 0 Å². The van der Waals surface area contributed by atoms with Crippen molar-refractivity contribution in [3.8, 4) is 0 Å². The monoisotopic (exact) mass is 327 g/mol. The number of amides is 1. The van der Waals surface area contributed by atoms with Crippen LogP contribution in [0.5, 0.6) is 0 Å². The normalized spacial score (nSPS) is 18.3. The Labute approximate surface area is 135 Å². The molecular weight excluding hydrogens is 306 g/mol. The quantitative estimate of drug-likeness (QED) is 0.842. The Balaban J connectivity index is 2.27. The zero-order valence-corrected chi connectivity index (χ0v) is 14.4. The molecule has 2 N–H and O–H groups in total. The first-order valence-electron chi connectivity index (χ1n) is 7.03. The largest absolute Gasteiger partial charge is 0.371 e. The highest BCUT2D eigenvalue weighted by atomic mass is 35.5. The van der Waals surface area contributed by atoms with Gasteiger partial charge in [0.25, 0.3) is 0 Å². The molecule has 0 aromatic heterocycles. The van der Waals surface area contributed by atoms with E-state index in [1.807, 2.05) is 30.9 Å². The first-order chi connectivity index (χ1) is 9.99. The molecule has 0 aliphatic carbocycles. The lowest BCUT2D eigenvalue weighted by atomic mass is 10.1. The second kappa shape index (κ2) is 6.90. The van der Waals surface area contributed by atoms with Crippen molar-refractivity contribution in [3.05, 3.63) is 22.7 Å². The van der Waals surface area contributed by atoms with Crippen LogP contribution in [0.25, 0.3) is 0 Å². The third-order valence-electron chi connectivity index (χ3n) is 4.02. The number of carbonyl (C=O) groups excluding carboxylic acids is 1. The molecule has 21 heavy (non-hydrogen) atoms. The number of halogens is 1. The van der Waals surface area contributed by atoms with Crippen LogP contribution in [0.3, 0.4) is 0 Å². The first kappa shape index (κ1) is 16.5. The summed E-state index contributed by atoms with van der Waals surface area (Å²) in [5.74, 6) is 1.09. The SMILES string of the molecule is CNC1C(=O)Nc2cc(N(C)C(C)CCSC)c(Cl)cc21. The van der Waals surface area contributed by atoms with Crippen LogP contribution in [-0.2, 0) is 4.79 Å². The fourth-order valence-electron chi connectivity index (χ4n) is 2.55. The minimum Gasteiger partial charge on any atom is -0.371 e. The summed E-state index contributed by atoms with van der Waals surface area (Å²) in [5, 5.41) is 6.61. The summed E-state index contributed by atoms with van der Waals surface area (Å²) >= 11 is 8.28. The van der Waals surface area contributed by atoms with Crippen molar-refractivity contribution in [1.82, 2.24) is 5.32 Å². The molecule has 116 valence electrons. The molecule has 0 saturated carbocycles. The van der Waals surface area contributed by atoms with E-state index in [2.05, 4.69) is 28.7 Å². The lowest BCUT2D eigenvalue weighted by Gasteiger charge is -2.28. The van der Waals surface area contributed by atoms with Gasteiger partial charge in [-0.05, 0) is 44.5 Å². The van der Waals surface area contributed by atoms with Crippen LogP contribution in [0, 0.1) is 0 Å². The summed E-state index contributed by atoms with van der Waals surface area (Å²) in [5.41, 5.74) is 2.73. The maximum atomic E-state index is 11.9. The molecule has 1 aromatic carbocycles. The number of benzene rings is 1. The number of thioether (sulfide) groups is 1. The van der Waals surface area contributed by atoms with Crippen LogP contribution in [-0.4, -0.2) is 38.1 Å². The molecule has 6 heteroatoms. The lowest BCUT2D eigenvalue weighted by molar-refractivity contribution is -0.117. The molecule has 0 spiro atoms. The van der Waals surface area contributed by atoms with E-state index in [-0.39, 0.29) is 11.9 Å². The van der Waals surface area contributed by atoms with Crippen LogP contribution in [0.15, 0.2) is 12.1 Å². The second-order valence-corrected chi connectivity index (χ2v) is 6.74. The Hall–Kier alpha value is -0.910. The number of hydrogen-bond acceptors (Lipinski definition) is 4. The van der Waals surface area contributed by atoms with E-state index >= 15 is 0 Å². The molecule has 1 amide bonds. The Morgan fingerprint density at radius 2 is 2.24 bits per heavy atom. The van der Waals surface area contributed by atoms with Crippen LogP contribution < -0.4 is 15.5 Å². The highest BCUT2D eigenvalue weighted by Gasteiger charge is 2.30. The molecule has 0 saturated heterocycles. The molecule has 1 aliphatic rings. The van der Waals surface area contributed by atoms with Gasteiger partial charge in [0.15, 0.2) is 0 Å². The van der Waals surface area contributed by atoms with Gasteiger partial charge < -0.3 is 15.5 Å². The van der Waals surface area contributed by atoms with E-state index in [1.165, 1.54) is 0 Å². The second-order valence-electron chi connectivity index (χ2n) is 5.34. The molecule has 1 aliphatic heterocycles. The van der Waals surface area contributed by atoms with Gasteiger partial charge in [0.1, 0.15) is 6.04 Å². The zero-order chi connectivity index (χ0) is 15.6. The van der Waals surface area contributed by atoms with Crippen molar-refractivity contribution in [2.24, 2.45) is 0 Å². The first-order valence-corrected chi connectivity index (χ1v) is 8.80. The average Bonchev–Trinajstić information content (AvgIpc) is 2.77. The Morgan fingerprint density at radius 1 is 1.52 bits per heavy atom. The number of nitrogens with zero attached hydrogens (tertiary/aromatic N) is 1. The number of hydrogen-bond donors (Lipinski definition) is 2. The van der Waals surface area contributed by atoms with Gasteiger partial charge in [0, 0.05) is 24.3 Å². The van der Waals surface area contributed by atoms with Crippen LogP contribution in [0.2, 0.25) is 5.02 Å². The van der Waals surface area contributed by atoms with E-state index in [4.69, 9.17) is 11.6 Å². The summed E-state index contributed by atoms with van der Waals surface area (Å²) < 4.78 is 0. The van der Waals surface area contributed by atoms with Gasteiger partial charge in [0.2, 0.25) is 5.91 Å². The molecular formula is C15H22ClN3OS. The number of anilines is 2. The summed E-state index contributed by atoms with van der Waals surface area (Å²) in [4.78, 5) is 14.1. The van der Waals surface area contributed by atoms with Crippen molar-refractivity contribution < 1.29 is 4.79 Å². The summed E-state index contributed by atoms with van der Waals surface area (Å²) in [6.45, 7) is 2.19. The third kappa shape index (κ3) is 3.30. The van der Waals surface area contributed by atoms with Crippen molar-refractivity contribution in [2.45, 2.75) is 25.4 Å². The van der Waals surface area contributed by atoms with Gasteiger partial charge in [0.05, 0.1) is 10.7 Å². The van der Waals surface area contributed by atoms with Crippen molar-refractivity contribution in [1.29, 1.82) is 0 Å². The average molecular weight is 328 g/mol. The molecule has 1 aromatic rings. The van der Waals surface area contributed by atoms with Gasteiger partial charge in [-0.2, -0.15) is 11.8 Å². The van der Waals surface area contributed by atoms with Gasteiger partial charge in [-0.3, -0.25) is 4.79 Å². The zero-order valence-electron chi connectivity index (χ0n) is 12.9. The van der Waals surface area contributed by atoms with Gasteiger partial charge in [-0.15, -0.1) is 0 Å². The minimum atomic E-state index is -0.314. The maximum absolute atomic E-state index is 11.9. The van der Waals surface area contributed by atoms with Gasteiger partial charge >= 0.3 is 0 Å². The van der Waals surface area contributed by atoms with Crippen LogP contribution in [0.4, 0.5) is 11.4 Å². The molecule has 0 bridgehead atoms. The lowest BCUT2D eigenvalue weighted by Crippen LogP contribution is -2.29. The van der Waals surface area contributed by atoms with E-state index in [1.54, 1.807) is 7.05 Å². The van der Waals surface area contributed by atoms with Crippen molar-refractivity contribution >= 4 is 40.6 Å². The van der Waals surface area contributed by atoms with Crippen LogP contribution >= 0.6 is 23.4 Å². The Morgan fingerprint density at radius 3 is 2.86 bits per heavy atom. The molecule has 1 heterocycles. The number of nitrogens with one attached hydrogen (secondary N) is 2. The smallest absolute Gasteiger partial charge is 0.246 e. The standard InChI is InChI=1S/C15H22ClN3OS/c1-9(5-6-21-4)19(3)13-8-12-10(7-11(13)16)14(17-2)15(20)18-12/h7-9,14,17H,5-6H2,1-4H3,(H,18,20). The fraction of sp³-hybridized carbons (Fsp3) is 0.533. The number of likely N-dealkylation sites (N-methyl/N-ethyl adjacent to an activating group) is 1. The molecule has 2 unspecified atom stereocenters. The third-order valence-corrected chi connectivity index (χ3v) is 4.97. The summed E-state index contributed by atoms with van der Waals surface area (Å²) in [6, 6.07) is 3.95. The van der Waals surface area contributed by atoms with E-state index in [9.17, 15) is 4.79 Å². The molecule has 0 fully saturated rings. The highest BCUT2D eigenvalue weighted by Crippen LogP contribution is 2.39. The topological polar surface area (TPSA) is 44.4 Å². The Bertz CT molecular complexity index is 538. The summed E-state index contributed by atoms with van der Waals surface area (Å²) in [7, 11) is 3.82. The van der Waals surface area contributed by atoms with Crippen molar-refractivity contribution in [3.63, 3.8) is 0 Å². The maximum Gasteiger partial charge on any atom is 0.246 e. The van der Waals surface area contributed by atoms with Crippen LogP contribution in [0.1, 0.15) is 24.9 Å². The minimum absolute atomic E-state index is 0.0289. The number of carbonyl (C=O) groups is 1. The molecule has 4 nitrogen and oxygen atoms in total. The summed E-state index contributed by atoms with van der Waals surface area (Å²) in [6.07, 6.45) is 3.21. The predicted octanol–water partition coefficient (Wildman–Crippen LogP) is 3.13. The number of rotatable bonds is 6. The van der Waals surface area contributed by atoms with Gasteiger partial charge in [-0.25, -0.2) is 0 Å². The molecule has 0 radical (unpaired) electrons. The van der Waals surface area contributed by atoms with E-state index in [0.29, 0.717) is 11.1 Å². The van der Waals surface area contributed by atoms with E-state index in [0.717, 1.165) is 29.1 Å². The fourth-order valence-corrected chi connectivity index (χ4v) is 3.43. The predicted molar refractivity (Wildman–Crippen MR) is 92.7 cm³/mol. The molecule has 2 rings (SSSR count). The number of fused-ring (bicyclic) bond motifs is 1. The molecule has 2 atom stereocenters. The highest BCUT2D eigenvalue weighted by molar-refractivity contribution is 7.98. The Kier molecular flexibility index (Phi) is 5.41. The van der Waals surface area contributed by atoms with Gasteiger partial charge in [-0.1, -0.05) is 11.6 Å².